The number of para-hydroxylation sites is 1. The summed E-state index contributed by atoms with van der Waals surface area (Å²) in [5.41, 5.74) is 0.700. The van der Waals surface area contributed by atoms with Crippen LogP contribution in [0.15, 0.2) is 54.6 Å². The van der Waals surface area contributed by atoms with E-state index in [2.05, 4.69) is 33.2 Å². The van der Waals surface area contributed by atoms with Gasteiger partial charge in [0.2, 0.25) is 5.91 Å². The van der Waals surface area contributed by atoms with Gasteiger partial charge in [0.1, 0.15) is 11.8 Å². The smallest absolute Gasteiger partial charge is 0.258 e. The Hall–Kier alpha value is -2.09. The first-order valence-electron chi connectivity index (χ1n) is 7.99. The van der Waals surface area contributed by atoms with Crippen molar-refractivity contribution in [2.75, 3.05) is 11.9 Å². The average molecular weight is 452 g/mol. The molecule has 0 aliphatic carbocycles. The largest absolute Gasteiger partial charge is 0.484 e. The molecule has 0 spiro atoms. The van der Waals surface area contributed by atoms with Gasteiger partial charge in [-0.15, -0.1) is 0 Å². The number of ether oxygens (including phenoxy) is 1. The van der Waals surface area contributed by atoms with Crippen LogP contribution in [0, 0.1) is 9.49 Å². The molecule has 2 aromatic carbocycles. The van der Waals surface area contributed by atoms with Crippen LogP contribution in [-0.4, -0.2) is 24.5 Å². The van der Waals surface area contributed by atoms with Crippen LogP contribution in [0.5, 0.6) is 5.75 Å². The lowest BCUT2D eigenvalue weighted by molar-refractivity contribution is -0.128. The Bertz CT molecular complexity index is 702. The van der Waals surface area contributed by atoms with Gasteiger partial charge < -0.3 is 15.4 Å². The lowest BCUT2D eigenvalue weighted by atomic mass is 10.0. The van der Waals surface area contributed by atoms with E-state index in [1.807, 2.05) is 56.3 Å². The van der Waals surface area contributed by atoms with Gasteiger partial charge in [-0.1, -0.05) is 32.0 Å². The maximum Gasteiger partial charge on any atom is 0.258 e. The zero-order valence-corrected chi connectivity index (χ0v) is 16.3. The third-order valence-electron chi connectivity index (χ3n) is 3.49. The van der Waals surface area contributed by atoms with Gasteiger partial charge in [0, 0.05) is 9.26 Å². The predicted octanol–water partition coefficient (Wildman–Crippen LogP) is 3.45. The first-order valence-corrected chi connectivity index (χ1v) is 9.07. The summed E-state index contributed by atoms with van der Waals surface area (Å²) in [6, 6.07) is 15.9. The van der Waals surface area contributed by atoms with Crippen molar-refractivity contribution < 1.29 is 14.3 Å². The van der Waals surface area contributed by atoms with Gasteiger partial charge in [-0.3, -0.25) is 9.59 Å². The molecule has 6 heteroatoms. The van der Waals surface area contributed by atoms with Crippen molar-refractivity contribution in [1.29, 1.82) is 0 Å². The molecular weight excluding hydrogens is 431 g/mol. The predicted molar refractivity (Wildman–Crippen MR) is 106 cm³/mol. The lowest BCUT2D eigenvalue weighted by Gasteiger charge is -2.21. The van der Waals surface area contributed by atoms with E-state index >= 15 is 0 Å². The molecule has 0 radical (unpaired) electrons. The van der Waals surface area contributed by atoms with Crippen molar-refractivity contribution in [3.05, 3.63) is 58.2 Å². The van der Waals surface area contributed by atoms with Crippen molar-refractivity contribution >= 4 is 40.1 Å². The fourth-order valence-electron chi connectivity index (χ4n) is 2.17. The van der Waals surface area contributed by atoms with Crippen LogP contribution in [0.3, 0.4) is 0 Å². The van der Waals surface area contributed by atoms with Crippen LogP contribution in [0.1, 0.15) is 13.8 Å². The number of benzene rings is 2. The Kier molecular flexibility index (Phi) is 7.24. The molecule has 0 fully saturated rings. The number of hydrogen-bond acceptors (Lipinski definition) is 3. The molecule has 2 amide bonds. The van der Waals surface area contributed by atoms with Crippen LogP contribution in [0.25, 0.3) is 0 Å². The van der Waals surface area contributed by atoms with Gasteiger partial charge in [0.25, 0.3) is 5.91 Å². The highest BCUT2D eigenvalue weighted by Gasteiger charge is 2.24. The van der Waals surface area contributed by atoms with Crippen LogP contribution in [0.4, 0.5) is 5.69 Å². The Morgan fingerprint density at radius 1 is 1.04 bits per heavy atom. The number of hydrogen-bond donors (Lipinski definition) is 2. The first kappa shape index (κ1) is 19.2. The monoisotopic (exact) mass is 452 g/mol. The topological polar surface area (TPSA) is 67.4 Å². The molecule has 0 bridgehead atoms. The fourth-order valence-corrected chi connectivity index (χ4v) is 2.53. The summed E-state index contributed by atoms with van der Waals surface area (Å²) in [6.45, 7) is 3.64. The molecule has 0 aliphatic heterocycles. The molecule has 0 aliphatic rings. The van der Waals surface area contributed by atoms with E-state index in [0.29, 0.717) is 11.4 Å². The fraction of sp³-hybridized carbons (Fsp3) is 0.263. The van der Waals surface area contributed by atoms with Gasteiger partial charge in [0.05, 0.1) is 0 Å². The normalized spacial score (nSPS) is 11.7. The SMILES string of the molecule is CC(C)C(NC(=O)COc1ccccc1)C(=O)Nc1ccc(I)cc1. The molecule has 132 valence electrons. The van der Waals surface area contributed by atoms with E-state index in [9.17, 15) is 9.59 Å². The van der Waals surface area contributed by atoms with E-state index in [-0.39, 0.29) is 24.3 Å². The maximum absolute atomic E-state index is 12.5. The van der Waals surface area contributed by atoms with E-state index in [1.165, 1.54) is 0 Å². The highest BCUT2D eigenvalue weighted by molar-refractivity contribution is 14.1. The van der Waals surface area contributed by atoms with Crippen molar-refractivity contribution in [1.82, 2.24) is 5.32 Å². The van der Waals surface area contributed by atoms with Gasteiger partial charge in [-0.05, 0) is 64.9 Å². The van der Waals surface area contributed by atoms with Crippen molar-refractivity contribution in [3.8, 4) is 5.75 Å². The molecular formula is C19H21IN2O3. The zero-order chi connectivity index (χ0) is 18.2. The van der Waals surface area contributed by atoms with Crippen molar-refractivity contribution in [2.24, 2.45) is 5.92 Å². The molecule has 0 heterocycles. The molecule has 2 N–H and O–H groups in total. The molecule has 2 aromatic rings. The second-order valence-electron chi connectivity index (χ2n) is 5.89. The molecule has 1 atom stereocenters. The molecule has 0 saturated heterocycles. The van der Waals surface area contributed by atoms with Gasteiger partial charge in [0.15, 0.2) is 6.61 Å². The number of amides is 2. The summed E-state index contributed by atoms with van der Waals surface area (Å²) in [4.78, 5) is 24.6. The van der Waals surface area contributed by atoms with Crippen LogP contribution >= 0.6 is 22.6 Å². The third-order valence-corrected chi connectivity index (χ3v) is 4.21. The van der Waals surface area contributed by atoms with Gasteiger partial charge in [-0.25, -0.2) is 0 Å². The summed E-state index contributed by atoms with van der Waals surface area (Å²) >= 11 is 2.20. The molecule has 25 heavy (non-hydrogen) atoms. The second kappa shape index (κ2) is 9.41. The van der Waals surface area contributed by atoms with E-state index in [0.717, 1.165) is 3.57 Å². The van der Waals surface area contributed by atoms with Crippen LogP contribution in [-0.2, 0) is 9.59 Å². The summed E-state index contributed by atoms with van der Waals surface area (Å²) < 4.78 is 6.50. The number of anilines is 1. The van der Waals surface area contributed by atoms with E-state index < -0.39 is 6.04 Å². The standard InChI is InChI=1S/C19H21IN2O3/c1-13(2)18(19(24)21-15-10-8-14(20)9-11-15)22-17(23)12-25-16-6-4-3-5-7-16/h3-11,13,18H,12H2,1-2H3,(H,21,24)(H,22,23). The van der Waals surface area contributed by atoms with Crippen LogP contribution in [0.2, 0.25) is 0 Å². The molecule has 5 nitrogen and oxygen atoms in total. The minimum atomic E-state index is -0.633. The quantitative estimate of drug-likeness (QED) is 0.633. The third kappa shape index (κ3) is 6.38. The van der Waals surface area contributed by atoms with Crippen LogP contribution < -0.4 is 15.4 Å². The maximum atomic E-state index is 12.5. The minimum Gasteiger partial charge on any atom is -0.484 e. The number of rotatable bonds is 7. The lowest BCUT2D eigenvalue weighted by Crippen LogP contribution is -2.48. The Balaban J connectivity index is 1.91. The minimum absolute atomic E-state index is 0.0514. The Morgan fingerprint density at radius 3 is 2.28 bits per heavy atom. The molecule has 2 rings (SSSR count). The van der Waals surface area contributed by atoms with E-state index in [4.69, 9.17) is 4.74 Å². The molecule has 0 saturated carbocycles. The second-order valence-corrected chi connectivity index (χ2v) is 7.13. The number of nitrogens with one attached hydrogen (secondary N) is 2. The number of halogens is 1. The summed E-state index contributed by atoms with van der Waals surface area (Å²) in [6.07, 6.45) is 0. The number of carbonyl (C=O) groups excluding carboxylic acids is 2. The van der Waals surface area contributed by atoms with Crippen molar-refractivity contribution in [2.45, 2.75) is 19.9 Å². The highest BCUT2D eigenvalue weighted by Crippen LogP contribution is 2.13. The number of carbonyl (C=O) groups is 2. The molecule has 1 unspecified atom stereocenters. The first-order chi connectivity index (χ1) is 12.0. The average Bonchev–Trinajstić information content (AvgIpc) is 2.60. The van der Waals surface area contributed by atoms with Crippen molar-refractivity contribution in [3.63, 3.8) is 0 Å². The summed E-state index contributed by atoms with van der Waals surface area (Å²) in [5, 5.41) is 5.57. The Labute approximate surface area is 161 Å². The summed E-state index contributed by atoms with van der Waals surface area (Å²) in [7, 11) is 0. The van der Waals surface area contributed by atoms with Gasteiger partial charge >= 0.3 is 0 Å². The van der Waals surface area contributed by atoms with Gasteiger partial charge in [-0.2, -0.15) is 0 Å². The zero-order valence-electron chi connectivity index (χ0n) is 14.2. The Morgan fingerprint density at radius 2 is 1.68 bits per heavy atom. The highest BCUT2D eigenvalue weighted by atomic mass is 127. The van der Waals surface area contributed by atoms with E-state index in [1.54, 1.807) is 12.1 Å². The molecule has 0 aromatic heterocycles. The summed E-state index contributed by atoms with van der Waals surface area (Å²) in [5.74, 6) is -0.0174.